The van der Waals surface area contributed by atoms with Crippen molar-refractivity contribution in [2.24, 2.45) is 10.7 Å². The number of hydrogen-bond donors (Lipinski definition) is 1. The highest BCUT2D eigenvalue weighted by Crippen LogP contribution is 2.44. The molecule has 0 bridgehead atoms. The van der Waals surface area contributed by atoms with Gasteiger partial charge in [0, 0.05) is 16.9 Å². The molecule has 2 N–H and O–H groups in total. The zero-order valence-electron chi connectivity index (χ0n) is 16.0. The van der Waals surface area contributed by atoms with Crippen LogP contribution in [0.1, 0.15) is 62.9 Å². The minimum absolute atomic E-state index is 0.307. The predicted molar refractivity (Wildman–Crippen MR) is 113 cm³/mol. The van der Waals surface area contributed by atoms with Gasteiger partial charge in [0.2, 0.25) is 0 Å². The van der Waals surface area contributed by atoms with Crippen molar-refractivity contribution in [1.82, 2.24) is 4.98 Å². The van der Waals surface area contributed by atoms with E-state index in [0.29, 0.717) is 11.4 Å². The van der Waals surface area contributed by atoms with E-state index in [9.17, 15) is 4.79 Å². The third-order valence-corrected chi connectivity index (χ3v) is 4.75. The molecule has 4 nitrogen and oxygen atoms in total. The summed E-state index contributed by atoms with van der Waals surface area (Å²) in [5, 5.41) is 0. The third kappa shape index (κ3) is 5.01. The second-order valence-electron chi connectivity index (χ2n) is 5.49. The summed E-state index contributed by atoms with van der Waals surface area (Å²) in [5.41, 5.74) is 7.48. The fourth-order valence-electron chi connectivity index (χ4n) is 2.76. The van der Waals surface area contributed by atoms with E-state index < -0.39 is 0 Å². The van der Waals surface area contributed by atoms with Crippen LogP contribution < -0.4 is 5.73 Å². The maximum Gasteiger partial charge on any atom is 0.280 e. The highest BCUT2D eigenvalue weighted by molar-refractivity contribution is 9.10. The number of amides is 1. The van der Waals surface area contributed by atoms with E-state index in [1.165, 1.54) is 6.20 Å². The quantitative estimate of drug-likeness (QED) is 0.528. The molecular formula is C21H28BrN3O. The number of aromatic nitrogens is 1. The van der Waals surface area contributed by atoms with Gasteiger partial charge in [-0.05, 0) is 42.7 Å². The minimum atomic E-state index is -0.339. The van der Waals surface area contributed by atoms with E-state index in [1.807, 2.05) is 52.0 Å². The predicted octanol–water partition coefficient (Wildman–Crippen LogP) is 5.52. The highest BCUT2D eigenvalue weighted by atomic mass is 79.9. The van der Waals surface area contributed by atoms with Crippen molar-refractivity contribution in [3.63, 3.8) is 0 Å². The summed E-state index contributed by atoms with van der Waals surface area (Å²) in [5.74, 6) is 0.0592. The van der Waals surface area contributed by atoms with Gasteiger partial charge < -0.3 is 5.73 Å². The van der Waals surface area contributed by atoms with Gasteiger partial charge in [0.1, 0.15) is 5.84 Å². The molecule has 1 saturated carbocycles. The Hall–Kier alpha value is -2.01. The van der Waals surface area contributed by atoms with Crippen molar-refractivity contribution >= 4 is 27.7 Å². The first-order chi connectivity index (χ1) is 12.6. The molecule has 1 aromatic carbocycles. The number of rotatable bonds is 3. The van der Waals surface area contributed by atoms with Crippen LogP contribution in [0.5, 0.6) is 0 Å². The topological polar surface area (TPSA) is 68.3 Å². The van der Waals surface area contributed by atoms with Gasteiger partial charge in [-0.15, -0.1) is 0 Å². The molecule has 140 valence electrons. The average molecular weight is 418 g/mol. The molecule has 0 aliphatic heterocycles. The molecule has 1 heterocycles. The number of carbonyl (C=O) groups is 1. The molecule has 0 unspecified atom stereocenters. The van der Waals surface area contributed by atoms with Crippen LogP contribution in [-0.4, -0.2) is 16.7 Å². The number of nitrogens with two attached hydrogens (primary N) is 1. The normalized spacial score (nSPS) is 14.7. The molecule has 0 atom stereocenters. The minimum Gasteiger partial charge on any atom is -0.386 e. The first kappa shape index (κ1) is 22.0. The Labute approximate surface area is 165 Å². The SMILES string of the molecule is CC.CC.NC(=NC(=O)c1cccnc1)C1(c2ccc(Br)cc2)CCC1. The monoisotopic (exact) mass is 417 g/mol. The summed E-state index contributed by atoms with van der Waals surface area (Å²) >= 11 is 3.44. The summed E-state index contributed by atoms with van der Waals surface area (Å²) in [7, 11) is 0. The Bertz CT molecular complexity index is 708. The Kier molecular flexibility index (Phi) is 9.21. The van der Waals surface area contributed by atoms with Crippen LogP contribution in [0.15, 0.2) is 58.3 Å². The molecule has 1 fully saturated rings. The fourth-order valence-corrected chi connectivity index (χ4v) is 3.03. The summed E-state index contributed by atoms with van der Waals surface area (Å²) in [6.07, 6.45) is 6.06. The fraction of sp³-hybridized carbons (Fsp3) is 0.381. The van der Waals surface area contributed by atoms with Crippen molar-refractivity contribution in [2.45, 2.75) is 52.4 Å². The molecular weight excluding hydrogens is 390 g/mol. The zero-order chi connectivity index (χ0) is 19.6. The van der Waals surface area contributed by atoms with Gasteiger partial charge in [-0.3, -0.25) is 9.78 Å². The van der Waals surface area contributed by atoms with Crippen LogP contribution in [0.3, 0.4) is 0 Å². The number of amidine groups is 1. The molecule has 1 aliphatic carbocycles. The lowest BCUT2D eigenvalue weighted by Crippen LogP contribution is -2.47. The third-order valence-electron chi connectivity index (χ3n) is 4.22. The summed E-state index contributed by atoms with van der Waals surface area (Å²) in [6, 6.07) is 11.5. The summed E-state index contributed by atoms with van der Waals surface area (Å²) in [6.45, 7) is 8.00. The van der Waals surface area contributed by atoms with E-state index in [2.05, 4.69) is 25.9 Å². The Balaban J connectivity index is 0.000000791. The smallest absolute Gasteiger partial charge is 0.280 e. The number of carbonyl (C=O) groups excluding carboxylic acids is 1. The second-order valence-corrected chi connectivity index (χ2v) is 6.40. The number of hydrogen-bond acceptors (Lipinski definition) is 2. The Morgan fingerprint density at radius 1 is 1.12 bits per heavy atom. The second kappa shape index (κ2) is 10.9. The Morgan fingerprint density at radius 2 is 1.73 bits per heavy atom. The molecule has 26 heavy (non-hydrogen) atoms. The van der Waals surface area contributed by atoms with Crippen LogP contribution >= 0.6 is 15.9 Å². The maximum atomic E-state index is 12.2. The van der Waals surface area contributed by atoms with Crippen LogP contribution in [0.25, 0.3) is 0 Å². The number of aliphatic imine (C=N–C) groups is 1. The molecule has 1 aliphatic rings. The van der Waals surface area contributed by atoms with E-state index in [0.717, 1.165) is 29.3 Å². The van der Waals surface area contributed by atoms with Crippen molar-refractivity contribution < 1.29 is 4.79 Å². The Morgan fingerprint density at radius 3 is 2.19 bits per heavy atom. The summed E-state index contributed by atoms with van der Waals surface area (Å²) in [4.78, 5) is 20.3. The molecule has 0 saturated heterocycles. The van der Waals surface area contributed by atoms with Gasteiger partial charge in [-0.2, -0.15) is 4.99 Å². The van der Waals surface area contributed by atoms with Crippen LogP contribution in [0.2, 0.25) is 0 Å². The number of benzene rings is 1. The molecule has 0 spiro atoms. The van der Waals surface area contributed by atoms with E-state index >= 15 is 0 Å². The summed E-state index contributed by atoms with van der Waals surface area (Å²) < 4.78 is 1.02. The van der Waals surface area contributed by atoms with Crippen molar-refractivity contribution in [2.75, 3.05) is 0 Å². The molecule has 5 heteroatoms. The molecule has 0 radical (unpaired) electrons. The van der Waals surface area contributed by atoms with Crippen molar-refractivity contribution in [3.05, 3.63) is 64.4 Å². The average Bonchev–Trinajstić information content (AvgIpc) is 2.66. The lowest BCUT2D eigenvalue weighted by Gasteiger charge is -2.41. The van der Waals surface area contributed by atoms with Gasteiger partial charge in [0.15, 0.2) is 0 Å². The maximum absolute atomic E-state index is 12.2. The van der Waals surface area contributed by atoms with Crippen LogP contribution in [-0.2, 0) is 5.41 Å². The van der Waals surface area contributed by atoms with Crippen molar-refractivity contribution in [1.29, 1.82) is 0 Å². The first-order valence-corrected chi connectivity index (χ1v) is 9.96. The van der Waals surface area contributed by atoms with Gasteiger partial charge >= 0.3 is 0 Å². The number of halogens is 1. The van der Waals surface area contributed by atoms with Crippen molar-refractivity contribution in [3.8, 4) is 0 Å². The molecule has 1 amide bonds. The van der Waals surface area contributed by atoms with E-state index in [-0.39, 0.29) is 11.3 Å². The van der Waals surface area contributed by atoms with Crippen LogP contribution in [0, 0.1) is 0 Å². The number of pyridine rings is 1. The van der Waals surface area contributed by atoms with Gasteiger partial charge in [0.25, 0.3) is 5.91 Å². The van der Waals surface area contributed by atoms with E-state index in [4.69, 9.17) is 5.73 Å². The molecule has 1 aromatic heterocycles. The largest absolute Gasteiger partial charge is 0.386 e. The van der Waals surface area contributed by atoms with Gasteiger partial charge in [0.05, 0.1) is 11.0 Å². The first-order valence-electron chi connectivity index (χ1n) is 9.17. The van der Waals surface area contributed by atoms with Gasteiger partial charge in [-0.1, -0.05) is 62.2 Å². The molecule has 3 rings (SSSR count). The standard InChI is InChI=1S/C17H16BrN3O.2C2H6/c18-14-6-4-13(5-7-14)17(8-2-9-17)16(19)21-15(22)12-3-1-10-20-11-12;2*1-2/h1,3-7,10-11H,2,8-9H2,(H2,19,21,22);2*1-2H3. The van der Waals surface area contributed by atoms with Gasteiger partial charge in [-0.25, -0.2) is 0 Å². The lowest BCUT2D eigenvalue weighted by molar-refractivity contribution is 0.100. The molecule has 2 aromatic rings. The highest BCUT2D eigenvalue weighted by Gasteiger charge is 2.42. The lowest BCUT2D eigenvalue weighted by atomic mass is 9.63. The van der Waals surface area contributed by atoms with Crippen LogP contribution in [0.4, 0.5) is 0 Å². The zero-order valence-corrected chi connectivity index (χ0v) is 17.6. The number of nitrogens with zero attached hydrogens (tertiary/aromatic N) is 2. The van der Waals surface area contributed by atoms with E-state index in [1.54, 1.807) is 18.3 Å².